The molecular formula is C93H148N8O34. The number of nitrogens with two attached hydrogens (primary N) is 3. The van der Waals surface area contributed by atoms with Crippen LogP contribution in [0.25, 0.3) is 0 Å². The number of likely N-dealkylation sites (tertiary alicyclic amines) is 1. The molecule has 0 spiro atoms. The molecule has 0 bridgehead atoms. The summed E-state index contributed by atoms with van der Waals surface area (Å²) in [5, 5.41) is 64.1. The van der Waals surface area contributed by atoms with Crippen molar-refractivity contribution in [2.24, 2.45) is 17.2 Å². The largest absolute Gasteiger partial charge is 0.497 e. The Morgan fingerprint density at radius 1 is 0.400 bits per heavy atom. The summed E-state index contributed by atoms with van der Waals surface area (Å²) in [6.07, 6.45) is -3.47. The molecule has 42 heteroatoms. The van der Waals surface area contributed by atoms with Crippen molar-refractivity contribution in [3.63, 3.8) is 0 Å². The summed E-state index contributed by atoms with van der Waals surface area (Å²) >= 11 is 0. The Morgan fingerprint density at radius 2 is 0.778 bits per heavy atom. The van der Waals surface area contributed by atoms with Crippen LogP contribution in [0.2, 0.25) is 0 Å². The van der Waals surface area contributed by atoms with Gasteiger partial charge in [-0.05, 0) is 60.2 Å². The smallest absolute Gasteiger partial charge is 0.302 e. The summed E-state index contributed by atoms with van der Waals surface area (Å²) in [5.41, 5.74) is 18.2. The van der Waals surface area contributed by atoms with Crippen LogP contribution in [0.1, 0.15) is 140 Å². The minimum absolute atomic E-state index is 0.00749. The van der Waals surface area contributed by atoms with Crippen molar-refractivity contribution in [1.29, 1.82) is 0 Å². The van der Waals surface area contributed by atoms with Crippen LogP contribution in [-0.4, -0.2) is 381 Å². The molecule has 7 rings (SSSR count). The molecule has 42 nitrogen and oxygen atoms in total. The molecule has 15 N–H and O–H groups in total. The molecule has 4 aliphatic heterocycles. The SMILES string of the molecule is COc1ccc(C(OC[C@@H]2C[C@@H](O)CN2C(=O)CCCCCCCCCCC(=O)NC(COCCC(=O)NCCOCCOCCOC2OC(COC(C)=O)CC(O)C2N)(COCCC(=O)NCCOCCOCCOC2OC(COC(C)=O)CC(O)C2N)COCCC(=O)NCCOCCOCCOC2OC(COC(C)=O)C(O)C(O)C2N)(c2ccccc2)c2ccc(OC)cc2)cc1. The maximum Gasteiger partial charge on any atom is 0.302 e. The van der Waals surface area contributed by atoms with E-state index in [4.69, 9.17) is 117 Å². The quantitative estimate of drug-likeness (QED) is 0.0159. The van der Waals surface area contributed by atoms with Crippen LogP contribution in [-0.2, 0) is 134 Å². The number of aliphatic hydroxyl groups is 5. The van der Waals surface area contributed by atoms with E-state index in [2.05, 4.69) is 21.3 Å². The number of rotatable bonds is 71. The number of amides is 5. The molecule has 0 aromatic heterocycles. The summed E-state index contributed by atoms with van der Waals surface area (Å²) in [5.74, 6) is -1.66. The lowest BCUT2D eigenvalue weighted by atomic mass is 9.80. The average Bonchev–Trinajstić information content (AvgIpc) is 1.31. The second-order valence-corrected chi connectivity index (χ2v) is 33.3. The Morgan fingerprint density at radius 3 is 1.19 bits per heavy atom. The molecule has 4 aliphatic rings. The van der Waals surface area contributed by atoms with Crippen molar-refractivity contribution in [3.8, 4) is 11.5 Å². The molecule has 0 radical (unpaired) electrons. The Balaban J connectivity index is 0.883. The number of benzene rings is 3. The molecule has 135 heavy (non-hydrogen) atoms. The molecular weight excluding hydrogens is 1770 g/mol. The van der Waals surface area contributed by atoms with Crippen molar-refractivity contribution in [1.82, 2.24) is 26.2 Å². The number of ether oxygens (including phenoxy) is 21. The van der Waals surface area contributed by atoms with Gasteiger partial charge in [-0.25, -0.2) is 0 Å². The van der Waals surface area contributed by atoms with Crippen LogP contribution in [0.15, 0.2) is 78.9 Å². The lowest BCUT2D eigenvalue weighted by Crippen LogP contribution is -2.62. The van der Waals surface area contributed by atoms with Gasteiger partial charge in [0.25, 0.3) is 0 Å². The van der Waals surface area contributed by atoms with Gasteiger partial charge < -0.3 is 168 Å². The number of esters is 3. The summed E-state index contributed by atoms with van der Waals surface area (Å²) in [6, 6.07) is 22.3. The molecule has 0 aliphatic carbocycles. The van der Waals surface area contributed by atoms with Crippen LogP contribution < -0.4 is 47.9 Å². The van der Waals surface area contributed by atoms with Crippen LogP contribution in [0.4, 0.5) is 0 Å². The summed E-state index contributed by atoms with van der Waals surface area (Å²) in [7, 11) is 3.23. The summed E-state index contributed by atoms with van der Waals surface area (Å²) in [4.78, 5) is 104. The van der Waals surface area contributed by atoms with Crippen LogP contribution in [0.3, 0.4) is 0 Å². The molecule has 0 saturated carbocycles. The topological polar surface area (TPSA) is 561 Å². The third-order valence-electron chi connectivity index (χ3n) is 22.6. The second-order valence-electron chi connectivity index (χ2n) is 33.3. The van der Waals surface area contributed by atoms with E-state index in [1.807, 2.05) is 78.9 Å². The fourth-order valence-electron chi connectivity index (χ4n) is 15.3. The third-order valence-corrected chi connectivity index (χ3v) is 22.6. The number of hydrogen-bond donors (Lipinski definition) is 12. The molecule has 15 atom stereocenters. The van der Waals surface area contributed by atoms with Crippen LogP contribution >= 0.6 is 0 Å². The minimum Gasteiger partial charge on any atom is -0.497 e. The Kier molecular flexibility index (Phi) is 55.0. The number of aliphatic hydroxyl groups excluding tert-OH is 5. The first kappa shape index (κ1) is 114. The van der Waals surface area contributed by atoms with E-state index in [1.54, 1.807) is 19.1 Å². The maximum atomic E-state index is 14.2. The number of carbonyl (C=O) groups is 8. The Hall–Kier alpha value is -7.94. The van der Waals surface area contributed by atoms with Gasteiger partial charge in [0.2, 0.25) is 29.5 Å². The first-order chi connectivity index (χ1) is 65.2. The van der Waals surface area contributed by atoms with E-state index in [0.717, 1.165) is 55.2 Å². The predicted molar refractivity (Wildman–Crippen MR) is 483 cm³/mol. The van der Waals surface area contributed by atoms with Crippen molar-refractivity contribution < 1.29 is 163 Å². The minimum atomic E-state index is -1.41. The normalized spacial score (nSPS) is 22.8. The molecule has 5 amide bonds. The average molecular weight is 1920 g/mol. The lowest BCUT2D eigenvalue weighted by molar-refractivity contribution is -0.268. The second kappa shape index (κ2) is 65.1. The van der Waals surface area contributed by atoms with Gasteiger partial charge in [0.05, 0.1) is 214 Å². The van der Waals surface area contributed by atoms with Crippen molar-refractivity contribution >= 4 is 47.4 Å². The van der Waals surface area contributed by atoms with E-state index >= 15 is 0 Å². The van der Waals surface area contributed by atoms with Gasteiger partial charge in [0.1, 0.15) is 60.8 Å². The highest BCUT2D eigenvalue weighted by Crippen LogP contribution is 2.43. The molecule has 3 aromatic rings. The predicted octanol–water partition coefficient (Wildman–Crippen LogP) is 0.518. The van der Waals surface area contributed by atoms with Crippen LogP contribution in [0.5, 0.6) is 11.5 Å². The van der Waals surface area contributed by atoms with Gasteiger partial charge in [-0.2, -0.15) is 0 Å². The standard InChI is InChI=1S/C93H148N8O34/c1-64(102)129-58-74-54-76(106)84(94)89(133-74)126-50-47-120-44-41-117-38-32-97-79(108)29-35-123-61-92(62-124-36-30-80(109)98-33-39-118-42-45-121-48-51-127-90-85(95)77(107)55-75(134-90)59-130-65(2)103,63-125-37-31-81(110)99-34-40-119-43-46-122-49-52-128-91-86(96)88(114)87(113)78(135-91)60-131-66(3)104)100-82(111)19-15-10-8-6-7-9-11-16-20-83(112)101-56-71(105)53-70(101)57-132-93(67-17-13-12-14-18-67,68-21-25-72(115-4)26-22-68)69-23-27-73(116-5)28-24-69/h12-14,17-18,21-28,70-71,74-78,84-91,105-107,113-114H,6-11,15-16,19-20,29-63,94-96H2,1-5H3,(H,97,108)(H,98,109)(H,99,110)(H,100,111)/t70-,71+,74?,75?,76?,77?,78?,84?,85?,86?,87?,88?,89?,90?,91?,92?/m0/s1. The molecule has 764 valence electrons. The molecule has 4 saturated heterocycles. The van der Waals surface area contributed by atoms with Gasteiger partial charge in [-0.1, -0.05) is 93.1 Å². The van der Waals surface area contributed by atoms with Gasteiger partial charge >= 0.3 is 17.9 Å². The number of carbonyl (C=O) groups excluding carboxylic acids is 8. The van der Waals surface area contributed by atoms with Crippen LogP contribution in [0, 0.1) is 0 Å². The number of hydrogen-bond acceptors (Lipinski definition) is 37. The van der Waals surface area contributed by atoms with Crippen molar-refractivity contribution in [2.75, 3.05) is 206 Å². The zero-order valence-corrected chi connectivity index (χ0v) is 78.7. The molecule has 13 unspecified atom stereocenters. The van der Waals surface area contributed by atoms with Crippen molar-refractivity contribution in [2.45, 2.75) is 227 Å². The Bertz CT molecular complexity index is 3690. The van der Waals surface area contributed by atoms with Gasteiger partial charge in [0.15, 0.2) is 18.9 Å². The Labute approximate surface area is 790 Å². The van der Waals surface area contributed by atoms with E-state index in [9.17, 15) is 63.9 Å². The highest BCUT2D eigenvalue weighted by Gasteiger charge is 2.46. The first-order valence-corrected chi connectivity index (χ1v) is 46.7. The number of nitrogens with one attached hydrogen (secondary N) is 4. The maximum absolute atomic E-state index is 14.2. The lowest BCUT2D eigenvalue weighted by Gasteiger charge is -2.40. The van der Waals surface area contributed by atoms with E-state index < -0.39 is 115 Å². The van der Waals surface area contributed by atoms with Gasteiger partial charge in [0, 0.05) is 91.9 Å². The fraction of sp³-hybridized carbons (Fsp3) is 0.720. The summed E-state index contributed by atoms with van der Waals surface area (Å²) < 4.78 is 120. The fourth-order valence-corrected chi connectivity index (χ4v) is 15.3. The number of nitrogens with zero attached hydrogens (tertiary/aromatic N) is 1. The van der Waals surface area contributed by atoms with E-state index in [-0.39, 0.29) is 265 Å². The zero-order chi connectivity index (χ0) is 97.4. The molecule has 3 aromatic carbocycles. The third kappa shape index (κ3) is 43.1. The van der Waals surface area contributed by atoms with E-state index in [0.29, 0.717) is 37.2 Å². The highest BCUT2D eigenvalue weighted by molar-refractivity contribution is 5.78. The summed E-state index contributed by atoms with van der Waals surface area (Å²) in [6.45, 7) is 5.30. The van der Waals surface area contributed by atoms with Crippen molar-refractivity contribution in [3.05, 3.63) is 95.6 Å². The highest BCUT2D eigenvalue weighted by atomic mass is 16.7. The monoisotopic (exact) mass is 1920 g/mol. The number of methoxy groups -OCH3 is 2. The molecule has 4 heterocycles. The van der Waals surface area contributed by atoms with E-state index in [1.165, 1.54) is 20.8 Å². The zero-order valence-electron chi connectivity index (χ0n) is 78.7. The number of unbranched alkanes of at least 4 members (excludes halogenated alkanes) is 7. The first-order valence-electron chi connectivity index (χ1n) is 46.7. The van der Waals surface area contributed by atoms with Gasteiger partial charge in [-0.3, -0.25) is 38.4 Å². The number of β-amino-alcohol motifs (C(OH)–C–C–N with tert-alkyl or cyclic N) is 1. The van der Waals surface area contributed by atoms with Gasteiger partial charge in [-0.15, -0.1) is 0 Å². The molecule has 4 fully saturated rings.